The third-order valence-electron chi connectivity index (χ3n) is 2.12. The van der Waals surface area contributed by atoms with Crippen LogP contribution in [0.5, 0.6) is 0 Å². The van der Waals surface area contributed by atoms with Gasteiger partial charge in [-0.1, -0.05) is 12.1 Å². The van der Waals surface area contributed by atoms with Crippen LogP contribution in [0.3, 0.4) is 0 Å². The van der Waals surface area contributed by atoms with Gasteiger partial charge in [-0.2, -0.15) is 0 Å². The lowest BCUT2D eigenvalue weighted by Crippen LogP contribution is -2.23. The maximum absolute atomic E-state index is 12.8. The number of rotatable bonds is 4. The van der Waals surface area contributed by atoms with Crippen molar-refractivity contribution in [2.75, 3.05) is 0 Å². The van der Waals surface area contributed by atoms with Crippen LogP contribution in [-0.2, 0) is 16.0 Å². The van der Waals surface area contributed by atoms with Crippen molar-refractivity contribution in [1.82, 2.24) is 0 Å². The Kier molecular flexibility index (Phi) is 3.55. The highest BCUT2D eigenvalue weighted by Crippen LogP contribution is 2.11. The van der Waals surface area contributed by atoms with Crippen molar-refractivity contribution in [3.63, 3.8) is 0 Å². The number of benzene rings is 1. The van der Waals surface area contributed by atoms with E-state index in [1.165, 1.54) is 25.1 Å². The average Bonchev–Trinajstić information content (AvgIpc) is 2.13. The van der Waals surface area contributed by atoms with Gasteiger partial charge in [0.15, 0.2) is 0 Å². The molecule has 1 unspecified atom stereocenters. The molecule has 0 aliphatic heterocycles. The summed E-state index contributed by atoms with van der Waals surface area (Å²) in [5.41, 5.74) is 0.512. The third kappa shape index (κ3) is 3.16. The van der Waals surface area contributed by atoms with E-state index in [9.17, 15) is 14.0 Å². The lowest BCUT2D eigenvalue weighted by Gasteiger charge is -2.08. The second-order valence-corrected chi connectivity index (χ2v) is 3.34. The van der Waals surface area contributed by atoms with Crippen LogP contribution in [-0.4, -0.2) is 16.9 Å². The van der Waals surface area contributed by atoms with E-state index in [-0.39, 0.29) is 6.42 Å². The predicted octanol–water partition coefficient (Wildman–Crippen LogP) is 1.66. The fourth-order valence-electron chi connectivity index (χ4n) is 1.30. The van der Waals surface area contributed by atoms with Crippen LogP contribution < -0.4 is 0 Å². The maximum Gasteiger partial charge on any atom is 0.314 e. The van der Waals surface area contributed by atoms with Crippen molar-refractivity contribution in [2.45, 2.75) is 13.3 Å². The Morgan fingerprint density at radius 3 is 2.60 bits per heavy atom. The fourth-order valence-corrected chi connectivity index (χ4v) is 1.30. The van der Waals surface area contributed by atoms with Crippen LogP contribution in [0.15, 0.2) is 24.3 Å². The Bertz CT molecular complexity index is 373. The summed E-state index contributed by atoms with van der Waals surface area (Å²) in [5, 5.41) is 8.76. The summed E-state index contributed by atoms with van der Waals surface area (Å²) in [4.78, 5) is 21.7. The number of aliphatic carboxylic acids is 1. The monoisotopic (exact) mass is 210 g/mol. The molecule has 1 N–H and O–H groups in total. The number of carboxylic acids is 1. The first-order valence-corrected chi connectivity index (χ1v) is 4.48. The summed E-state index contributed by atoms with van der Waals surface area (Å²) in [6.07, 6.45) is 0.0302. The Labute approximate surface area is 86.5 Å². The molecular weight excluding hydrogens is 199 g/mol. The quantitative estimate of drug-likeness (QED) is 0.769. The van der Waals surface area contributed by atoms with Gasteiger partial charge in [0.1, 0.15) is 17.5 Å². The molecule has 4 heteroatoms. The van der Waals surface area contributed by atoms with Gasteiger partial charge in [-0.15, -0.1) is 0 Å². The highest BCUT2D eigenvalue weighted by molar-refractivity contribution is 5.97. The minimum atomic E-state index is -1.17. The predicted molar refractivity (Wildman–Crippen MR) is 51.9 cm³/mol. The number of carboxylic acid groups (broad SMARTS) is 1. The van der Waals surface area contributed by atoms with E-state index >= 15 is 0 Å². The molecule has 1 atom stereocenters. The SMILES string of the molecule is CC(=O)C(Cc1cccc(F)c1)C(=O)O. The number of hydrogen-bond donors (Lipinski definition) is 1. The van der Waals surface area contributed by atoms with E-state index in [2.05, 4.69) is 0 Å². The summed E-state index contributed by atoms with van der Waals surface area (Å²) in [7, 11) is 0. The van der Waals surface area contributed by atoms with E-state index in [1.54, 1.807) is 6.07 Å². The standard InChI is InChI=1S/C11H11FO3/c1-7(13)10(11(14)15)6-8-3-2-4-9(12)5-8/h2-5,10H,6H2,1H3,(H,14,15). The molecule has 0 bridgehead atoms. The number of hydrogen-bond acceptors (Lipinski definition) is 2. The van der Waals surface area contributed by atoms with Gasteiger partial charge in [0.05, 0.1) is 0 Å². The Balaban J connectivity index is 2.83. The summed E-state index contributed by atoms with van der Waals surface area (Å²) >= 11 is 0. The summed E-state index contributed by atoms with van der Waals surface area (Å²) in [6, 6.07) is 5.59. The number of halogens is 1. The van der Waals surface area contributed by atoms with E-state index in [0.29, 0.717) is 5.56 Å². The van der Waals surface area contributed by atoms with Gasteiger partial charge in [-0.3, -0.25) is 9.59 Å². The Hall–Kier alpha value is -1.71. The first-order chi connectivity index (χ1) is 7.00. The number of Topliss-reactive ketones (excluding diaryl/α,β-unsaturated/α-hetero) is 1. The minimum Gasteiger partial charge on any atom is -0.481 e. The van der Waals surface area contributed by atoms with Crippen LogP contribution in [0, 0.1) is 11.7 Å². The van der Waals surface area contributed by atoms with Crippen molar-refractivity contribution in [3.05, 3.63) is 35.6 Å². The van der Waals surface area contributed by atoms with Gasteiger partial charge in [-0.05, 0) is 31.0 Å². The first kappa shape index (κ1) is 11.4. The molecule has 0 amide bonds. The van der Waals surface area contributed by atoms with E-state index in [4.69, 9.17) is 5.11 Å². The van der Waals surface area contributed by atoms with E-state index in [1.807, 2.05) is 0 Å². The summed E-state index contributed by atoms with van der Waals surface area (Å²) in [5.74, 6) is -3.12. The first-order valence-electron chi connectivity index (χ1n) is 4.48. The van der Waals surface area contributed by atoms with Gasteiger partial charge < -0.3 is 5.11 Å². The third-order valence-corrected chi connectivity index (χ3v) is 2.12. The zero-order valence-corrected chi connectivity index (χ0v) is 8.24. The normalized spacial score (nSPS) is 12.1. The molecule has 0 aliphatic carbocycles. The smallest absolute Gasteiger partial charge is 0.314 e. The zero-order chi connectivity index (χ0) is 11.4. The summed E-state index contributed by atoms with van der Waals surface area (Å²) < 4.78 is 12.8. The average molecular weight is 210 g/mol. The number of ketones is 1. The molecule has 0 fully saturated rings. The van der Waals surface area contributed by atoms with E-state index < -0.39 is 23.5 Å². The molecular formula is C11H11FO3. The van der Waals surface area contributed by atoms with Gasteiger partial charge in [-0.25, -0.2) is 4.39 Å². The van der Waals surface area contributed by atoms with Crippen molar-refractivity contribution < 1.29 is 19.1 Å². The highest BCUT2D eigenvalue weighted by Gasteiger charge is 2.22. The Morgan fingerprint density at radius 2 is 2.13 bits per heavy atom. The second kappa shape index (κ2) is 4.68. The van der Waals surface area contributed by atoms with Crippen LogP contribution >= 0.6 is 0 Å². The lowest BCUT2D eigenvalue weighted by atomic mass is 9.96. The zero-order valence-electron chi connectivity index (χ0n) is 8.24. The largest absolute Gasteiger partial charge is 0.481 e. The molecule has 0 heterocycles. The lowest BCUT2D eigenvalue weighted by molar-refractivity contribution is -0.145. The van der Waals surface area contributed by atoms with Gasteiger partial charge in [0, 0.05) is 0 Å². The van der Waals surface area contributed by atoms with Gasteiger partial charge >= 0.3 is 5.97 Å². The van der Waals surface area contributed by atoms with Crippen LogP contribution in [0.1, 0.15) is 12.5 Å². The molecule has 0 aromatic heterocycles. The topological polar surface area (TPSA) is 54.4 Å². The number of carbonyl (C=O) groups excluding carboxylic acids is 1. The van der Waals surface area contributed by atoms with Crippen molar-refractivity contribution in [1.29, 1.82) is 0 Å². The summed E-state index contributed by atoms with van der Waals surface area (Å²) in [6.45, 7) is 1.22. The van der Waals surface area contributed by atoms with Crippen molar-refractivity contribution in [3.8, 4) is 0 Å². The molecule has 3 nitrogen and oxygen atoms in total. The molecule has 80 valence electrons. The van der Waals surface area contributed by atoms with Crippen LogP contribution in [0.25, 0.3) is 0 Å². The molecule has 0 spiro atoms. The van der Waals surface area contributed by atoms with Crippen molar-refractivity contribution in [2.24, 2.45) is 5.92 Å². The molecule has 0 radical (unpaired) electrons. The molecule has 0 saturated heterocycles. The van der Waals surface area contributed by atoms with Crippen LogP contribution in [0.4, 0.5) is 4.39 Å². The van der Waals surface area contributed by atoms with E-state index in [0.717, 1.165) is 0 Å². The maximum atomic E-state index is 12.8. The molecule has 0 aliphatic rings. The molecule has 0 saturated carbocycles. The van der Waals surface area contributed by atoms with Crippen molar-refractivity contribution >= 4 is 11.8 Å². The van der Waals surface area contributed by atoms with Crippen LogP contribution in [0.2, 0.25) is 0 Å². The minimum absolute atomic E-state index is 0.0302. The highest BCUT2D eigenvalue weighted by atomic mass is 19.1. The Morgan fingerprint density at radius 1 is 1.47 bits per heavy atom. The fraction of sp³-hybridized carbons (Fsp3) is 0.273. The number of carbonyl (C=O) groups is 2. The molecule has 15 heavy (non-hydrogen) atoms. The molecule has 1 aromatic carbocycles. The van der Waals surface area contributed by atoms with Gasteiger partial charge in [0.2, 0.25) is 0 Å². The molecule has 1 aromatic rings. The van der Waals surface area contributed by atoms with Gasteiger partial charge in [0.25, 0.3) is 0 Å². The molecule has 1 rings (SSSR count). The second-order valence-electron chi connectivity index (χ2n) is 3.34.